The van der Waals surface area contributed by atoms with E-state index in [2.05, 4.69) is 5.32 Å². The molecule has 146 valence electrons. The number of hydrogen-bond donors (Lipinski definition) is 1. The van der Waals surface area contributed by atoms with Crippen molar-refractivity contribution in [1.29, 1.82) is 0 Å². The molecule has 1 N–H and O–H groups in total. The van der Waals surface area contributed by atoms with Crippen LogP contribution >= 0.6 is 11.8 Å². The van der Waals surface area contributed by atoms with Gasteiger partial charge in [-0.25, -0.2) is 4.90 Å². The maximum atomic E-state index is 12.6. The van der Waals surface area contributed by atoms with Crippen LogP contribution in [0.4, 0.5) is 21.9 Å². The maximum Gasteiger partial charge on any atom is 0.298 e. The summed E-state index contributed by atoms with van der Waals surface area (Å²) in [6.07, 6.45) is 4.46. The first kappa shape index (κ1) is 20.0. The van der Waals surface area contributed by atoms with Crippen molar-refractivity contribution in [3.63, 3.8) is 0 Å². The van der Waals surface area contributed by atoms with Crippen molar-refractivity contribution < 1.29 is 19.3 Å². The predicted molar refractivity (Wildman–Crippen MR) is 111 cm³/mol. The molecule has 9 heteroatoms. The third-order valence-electron chi connectivity index (χ3n) is 3.90. The number of rotatable bonds is 5. The van der Waals surface area contributed by atoms with Crippen LogP contribution in [0.3, 0.4) is 0 Å². The largest absolute Gasteiger partial charge is 0.326 e. The molecule has 2 aromatic carbocycles. The Labute approximate surface area is 170 Å². The molecule has 29 heavy (non-hydrogen) atoms. The van der Waals surface area contributed by atoms with E-state index in [1.807, 2.05) is 0 Å². The second-order valence-electron chi connectivity index (χ2n) is 5.94. The van der Waals surface area contributed by atoms with E-state index in [1.54, 1.807) is 42.5 Å². The fourth-order valence-electron chi connectivity index (χ4n) is 2.64. The van der Waals surface area contributed by atoms with E-state index in [-0.39, 0.29) is 16.5 Å². The predicted octanol–water partition coefficient (Wildman–Crippen LogP) is 4.35. The van der Waals surface area contributed by atoms with Gasteiger partial charge in [0.15, 0.2) is 0 Å². The van der Waals surface area contributed by atoms with Crippen LogP contribution in [-0.4, -0.2) is 22.0 Å². The van der Waals surface area contributed by atoms with Crippen LogP contribution in [0.1, 0.15) is 12.5 Å². The average Bonchev–Trinajstić information content (AvgIpc) is 2.96. The first-order valence-corrected chi connectivity index (χ1v) is 9.24. The molecule has 2 aromatic rings. The molecule has 0 spiro atoms. The number of nitrogens with zero attached hydrogens (tertiary/aromatic N) is 2. The number of thioether (sulfide) groups is 1. The molecule has 3 rings (SSSR count). The number of nitro groups is 1. The molecule has 1 fully saturated rings. The van der Waals surface area contributed by atoms with Crippen LogP contribution in [0.5, 0.6) is 0 Å². The Morgan fingerprint density at radius 3 is 2.48 bits per heavy atom. The molecule has 0 aliphatic carbocycles. The van der Waals surface area contributed by atoms with Crippen LogP contribution in [0, 0.1) is 10.1 Å². The van der Waals surface area contributed by atoms with Gasteiger partial charge in [0.2, 0.25) is 5.91 Å². The third kappa shape index (κ3) is 4.58. The first-order chi connectivity index (χ1) is 13.9. The number of para-hydroxylation sites is 1. The molecule has 8 nitrogen and oxygen atoms in total. The quantitative estimate of drug-likeness (QED) is 0.447. The highest BCUT2D eigenvalue weighted by atomic mass is 32.2. The van der Waals surface area contributed by atoms with Crippen molar-refractivity contribution in [2.75, 3.05) is 10.2 Å². The van der Waals surface area contributed by atoms with Crippen molar-refractivity contribution in [2.45, 2.75) is 6.92 Å². The topological polar surface area (TPSA) is 110 Å². The summed E-state index contributed by atoms with van der Waals surface area (Å²) in [7, 11) is 0. The van der Waals surface area contributed by atoms with Gasteiger partial charge in [-0.15, -0.1) is 0 Å². The maximum absolute atomic E-state index is 12.6. The molecule has 1 aliphatic rings. The Morgan fingerprint density at radius 1 is 1.14 bits per heavy atom. The Bertz CT molecular complexity index is 1060. The van der Waals surface area contributed by atoms with E-state index >= 15 is 0 Å². The zero-order valence-electron chi connectivity index (χ0n) is 15.2. The summed E-state index contributed by atoms with van der Waals surface area (Å²) in [5.41, 5.74) is 1.27. The molecule has 0 aromatic heterocycles. The first-order valence-electron chi connectivity index (χ1n) is 8.42. The lowest BCUT2D eigenvalue weighted by atomic mass is 10.1. The molecular weight excluding hydrogens is 394 g/mol. The lowest BCUT2D eigenvalue weighted by Crippen LogP contribution is -2.27. The summed E-state index contributed by atoms with van der Waals surface area (Å²) in [4.78, 5) is 47.8. The fourth-order valence-corrected chi connectivity index (χ4v) is 3.43. The summed E-state index contributed by atoms with van der Waals surface area (Å²) in [6.45, 7) is 1.38. The Balaban J connectivity index is 1.78. The number of nitro benzene ring substituents is 1. The third-order valence-corrected chi connectivity index (χ3v) is 4.78. The number of carbonyl (C=O) groups is 3. The number of benzene rings is 2. The van der Waals surface area contributed by atoms with Crippen molar-refractivity contribution in [2.24, 2.45) is 0 Å². The zero-order chi connectivity index (χ0) is 21.0. The number of amides is 3. The molecule has 0 atom stereocenters. The van der Waals surface area contributed by atoms with Crippen molar-refractivity contribution >= 4 is 52.0 Å². The second-order valence-corrected chi connectivity index (χ2v) is 6.94. The van der Waals surface area contributed by atoms with E-state index in [4.69, 9.17) is 0 Å². The molecule has 1 heterocycles. The molecule has 1 aliphatic heterocycles. The van der Waals surface area contributed by atoms with E-state index in [1.165, 1.54) is 31.2 Å². The molecule has 0 bridgehead atoms. The molecule has 3 amide bonds. The number of anilines is 2. The summed E-state index contributed by atoms with van der Waals surface area (Å²) in [6, 6.07) is 12.5. The minimum atomic E-state index is -0.488. The highest BCUT2D eigenvalue weighted by Crippen LogP contribution is 2.35. The Kier molecular flexibility index (Phi) is 5.89. The summed E-state index contributed by atoms with van der Waals surface area (Å²) >= 11 is 0.781. The summed E-state index contributed by atoms with van der Waals surface area (Å²) < 4.78 is 0. The summed E-state index contributed by atoms with van der Waals surface area (Å²) in [5, 5.41) is 13.2. The minimum absolute atomic E-state index is 0.0514. The average molecular weight is 409 g/mol. The van der Waals surface area contributed by atoms with Gasteiger partial charge in [-0.1, -0.05) is 18.2 Å². The minimum Gasteiger partial charge on any atom is -0.326 e. The number of carbonyl (C=O) groups excluding carboxylic acids is 3. The van der Waals surface area contributed by atoms with E-state index < -0.39 is 16.1 Å². The summed E-state index contributed by atoms with van der Waals surface area (Å²) in [5.74, 6) is -0.711. The zero-order valence-corrected chi connectivity index (χ0v) is 16.0. The lowest BCUT2D eigenvalue weighted by molar-refractivity contribution is -0.385. The standard InChI is InChI=1S/C20H15N3O5S/c1-13(24)21-15-9-11-16(12-10-15)22-19(25)18(29-20(22)26)8-4-6-14-5-2-3-7-17(14)23(27)28/h2-12H,1H3,(H,21,24)/b6-4+,18-8-. The van der Waals surface area contributed by atoms with Gasteiger partial charge in [0.05, 0.1) is 21.1 Å². The number of allylic oxidation sites excluding steroid dienone is 2. The van der Waals surface area contributed by atoms with Gasteiger partial charge in [-0.3, -0.25) is 24.5 Å². The molecule has 0 radical (unpaired) electrons. The van der Waals surface area contributed by atoms with E-state index in [0.717, 1.165) is 16.7 Å². The molecule has 1 saturated heterocycles. The van der Waals surface area contributed by atoms with Crippen LogP contribution in [0.2, 0.25) is 0 Å². The van der Waals surface area contributed by atoms with Crippen LogP contribution in [0.25, 0.3) is 6.08 Å². The number of hydrogen-bond acceptors (Lipinski definition) is 6. The monoisotopic (exact) mass is 409 g/mol. The Hall–Kier alpha value is -3.72. The normalized spacial score (nSPS) is 15.3. The van der Waals surface area contributed by atoms with Crippen LogP contribution in [-0.2, 0) is 9.59 Å². The number of imide groups is 1. The van der Waals surface area contributed by atoms with Crippen molar-refractivity contribution in [3.8, 4) is 0 Å². The number of nitrogens with one attached hydrogen (secondary N) is 1. The van der Waals surface area contributed by atoms with Gasteiger partial charge in [0.25, 0.3) is 16.8 Å². The van der Waals surface area contributed by atoms with Gasteiger partial charge >= 0.3 is 0 Å². The van der Waals surface area contributed by atoms with Crippen molar-refractivity contribution in [3.05, 3.63) is 81.3 Å². The smallest absolute Gasteiger partial charge is 0.298 e. The van der Waals surface area contributed by atoms with E-state index in [0.29, 0.717) is 16.9 Å². The van der Waals surface area contributed by atoms with Crippen molar-refractivity contribution in [1.82, 2.24) is 0 Å². The van der Waals surface area contributed by atoms with Gasteiger partial charge in [-0.2, -0.15) is 0 Å². The van der Waals surface area contributed by atoms with Gasteiger partial charge < -0.3 is 5.32 Å². The molecule has 0 saturated carbocycles. The van der Waals surface area contributed by atoms with Gasteiger partial charge in [-0.05, 0) is 54.2 Å². The fraction of sp³-hybridized carbons (Fsp3) is 0.0500. The van der Waals surface area contributed by atoms with Gasteiger partial charge in [0.1, 0.15) is 0 Å². The SMILES string of the molecule is CC(=O)Nc1ccc(N2C(=O)S/C(=C\C=C\c3ccccc3[N+](=O)[O-])C2=O)cc1. The second kappa shape index (κ2) is 8.53. The highest BCUT2D eigenvalue weighted by molar-refractivity contribution is 8.18. The van der Waals surface area contributed by atoms with Crippen LogP contribution in [0.15, 0.2) is 65.6 Å². The molecule has 0 unspecified atom stereocenters. The molecular formula is C20H15N3O5S. The highest BCUT2D eigenvalue weighted by Gasteiger charge is 2.35. The van der Waals surface area contributed by atoms with Gasteiger partial charge in [0, 0.05) is 18.7 Å². The van der Waals surface area contributed by atoms with Crippen LogP contribution < -0.4 is 10.2 Å². The van der Waals surface area contributed by atoms with E-state index in [9.17, 15) is 24.5 Å². The lowest BCUT2D eigenvalue weighted by Gasteiger charge is -2.13. The Morgan fingerprint density at radius 2 is 1.83 bits per heavy atom.